The lowest BCUT2D eigenvalue weighted by molar-refractivity contribution is 0.0958. The molecule has 0 spiro atoms. The number of hydrogen-bond acceptors (Lipinski definition) is 3. The Labute approximate surface area is 172 Å². The van der Waals surface area contributed by atoms with E-state index in [-0.39, 0.29) is 18.3 Å². The summed E-state index contributed by atoms with van der Waals surface area (Å²) in [7, 11) is 0. The van der Waals surface area contributed by atoms with Gasteiger partial charge in [0.1, 0.15) is 0 Å². The van der Waals surface area contributed by atoms with Gasteiger partial charge < -0.3 is 10.6 Å². The number of benzene rings is 2. The molecule has 0 fully saturated rings. The fraction of sp³-hybridized carbons (Fsp3) is 0.217. The lowest BCUT2D eigenvalue weighted by atomic mass is 10.00. The molecule has 1 heterocycles. The second-order valence-corrected chi connectivity index (χ2v) is 6.88. The zero-order valence-corrected chi connectivity index (χ0v) is 17.3. The second-order valence-electron chi connectivity index (χ2n) is 6.88. The van der Waals surface area contributed by atoms with Gasteiger partial charge in [0.05, 0.1) is 16.8 Å². The van der Waals surface area contributed by atoms with Gasteiger partial charge in [0.25, 0.3) is 5.91 Å². The standard InChI is InChI=1S/C23H25N3O.ClH/c1-5-13-24-23(27)19-14-25-21-16(4)9-8-11-18(21)22(19)26-20-12-7-6-10-17(20)15(2)3;/h5-12,14-15H,1,13H2,2-4H3,(H,24,27)(H,25,26);1H. The van der Waals surface area contributed by atoms with Crippen molar-refractivity contribution in [2.75, 3.05) is 11.9 Å². The van der Waals surface area contributed by atoms with Gasteiger partial charge in [-0.25, -0.2) is 0 Å². The number of halogens is 1. The number of pyridine rings is 1. The van der Waals surface area contributed by atoms with Crippen molar-refractivity contribution >= 4 is 40.6 Å². The molecular weight excluding hydrogens is 370 g/mol. The minimum absolute atomic E-state index is 0. The Kier molecular flexibility index (Phi) is 7.18. The minimum Gasteiger partial charge on any atom is -0.354 e. The molecule has 0 aliphatic carbocycles. The van der Waals surface area contributed by atoms with Crippen molar-refractivity contribution in [3.63, 3.8) is 0 Å². The Morgan fingerprint density at radius 2 is 1.93 bits per heavy atom. The van der Waals surface area contributed by atoms with Gasteiger partial charge in [-0.2, -0.15) is 0 Å². The molecule has 0 aliphatic heterocycles. The summed E-state index contributed by atoms with van der Waals surface area (Å²) in [5.41, 5.74) is 5.46. The van der Waals surface area contributed by atoms with Crippen LogP contribution in [-0.2, 0) is 0 Å². The summed E-state index contributed by atoms with van der Waals surface area (Å²) in [4.78, 5) is 17.3. The number of carbonyl (C=O) groups is 1. The molecule has 2 N–H and O–H groups in total. The molecule has 0 saturated carbocycles. The molecule has 146 valence electrons. The third-order valence-corrected chi connectivity index (χ3v) is 4.59. The molecule has 0 radical (unpaired) electrons. The summed E-state index contributed by atoms with van der Waals surface area (Å²) in [6, 6.07) is 14.2. The van der Waals surface area contributed by atoms with Gasteiger partial charge in [-0.1, -0.05) is 56.3 Å². The number of aromatic nitrogens is 1. The van der Waals surface area contributed by atoms with Gasteiger partial charge in [-0.15, -0.1) is 19.0 Å². The Morgan fingerprint density at radius 3 is 2.64 bits per heavy atom. The molecule has 4 nitrogen and oxygen atoms in total. The molecule has 0 aliphatic rings. The first-order valence-corrected chi connectivity index (χ1v) is 9.16. The second kappa shape index (κ2) is 9.38. The van der Waals surface area contributed by atoms with Crippen LogP contribution in [0.1, 0.15) is 41.3 Å². The Morgan fingerprint density at radius 1 is 1.18 bits per heavy atom. The smallest absolute Gasteiger partial charge is 0.255 e. The first-order chi connectivity index (χ1) is 13.0. The molecule has 2 aromatic carbocycles. The monoisotopic (exact) mass is 395 g/mol. The van der Waals surface area contributed by atoms with Crippen LogP contribution in [0.2, 0.25) is 0 Å². The largest absolute Gasteiger partial charge is 0.354 e. The van der Waals surface area contributed by atoms with E-state index in [1.54, 1.807) is 12.3 Å². The normalized spacial score (nSPS) is 10.4. The molecule has 3 aromatic rings. The molecule has 0 unspecified atom stereocenters. The molecule has 28 heavy (non-hydrogen) atoms. The zero-order chi connectivity index (χ0) is 19.4. The van der Waals surface area contributed by atoms with E-state index in [0.29, 0.717) is 18.0 Å². The van der Waals surface area contributed by atoms with Gasteiger partial charge in [0.15, 0.2) is 0 Å². The number of nitrogens with one attached hydrogen (secondary N) is 2. The van der Waals surface area contributed by atoms with E-state index in [1.165, 1.54) is 5.56 Å². The average Bonchev–Trinajstić information content (AvgIpc) is 2.67. The molecule has 1 amide bonds. The van der Waals surface area contributed by atoms with Crippen LogP contribution in [0.25, 0.3) is 10.9 Å². The van der Waals surface area contributed by atoms with Gasteiger partial charge in [0, 0.05) is 23.8 Å². The third kappa shape index (κ3) is 4.34. The first kappa shape index (κ1) is 21.5. The SMILES string of the molecule is C=CCNC(=O)c1cnc2c(C)cccc2c1Nc1ccccc1C(C)C.Cl. The van der Waals surface area contributed by atoms with E-state index in [4.69, 9.17) is 0 Å². The predicted molar refractivity (Wildman–Crippen MR) is 120 cm³/mol. The highest BCUT2D eigenvalue weighted by molar-refractivity contribution is 6.08. The average molecular weight is 396 g/mol. The summed E-state index contributed by atoms with van der Waals surface area (Å²) in [5, 5.41) is 7.31. The maximum atomic E-state index is 12.7. The third-order valence-electron chi connectivity index (χ3n) is 4.59. The summed E-state index contributed by atoms with van der Waals surface area (Å²) >= 11 is 0. The van der Waals surface area contributed by atoms with Crippen molar-refractivity contribution in [1.29, 1.82) is 0 Å². The van der Waals surface area contributed by atoms with Crippen LogP contribution in [0.4, 0.5) is 11.4 Å². The van der Waals surface area contributed by atoms with Gasteiger partial charge in [0.2, 0.25) is 0 Å². The van der Waals surface area contributed by atoms with Gasteiger partial charge >= 0.3 is 0 Å². The van der Waals surface area contributed by atoms with E-state index >= 15 is 0 Å². The Hall–Kier alpha value is -2.85. The number of anilines is 2. The fourth-order valence-corrected chi connectivity index (χ4v) is 3.19. The molecule has 1 aromatic heterocycles. The number of amides is 1. The number of aryl methyl sites for hydroxylation is 1. The highest BCUT2D eigenvalue weighted by Crippen LogP contribution is 2.33. The number of rotatable bonds is 6. The lowest BCUT2D eigenvalue weighted by Crippen LogP contribution is -2.24. The quantitative estimate of drug-likeness (QED) is 0.522. The van der Waals surface area contributed by atoms with Crippen LogP contribution in [0.3, 0.4) is 0 Å². The van der Waals surface area contributed by atoms with E-state index in [1.807, 2.05) is 43.3 Å². The van der Waals surface area contributed by atoms with Crippen molar-refractivity contribution in [3.05, 3.63) is 78.0 Å². The first-order valence-electron chi connectivity index (χ1n) is 9.16. The number of carbonyl (C=O) groups excluding carboxylic acids is 1. The zero-order valence-electron chi connectivity index (χ0n) is 16.5. The van der Waals surface area contributed by atoms with E-state index in [9.17, 15) is 4.79 Å². The van der Waals surface area contributed by atoms with Crippen LogP contribution < -0.4 is 10.6 Å². The fourth-order valence-electron chi connectivity index (χ4n) is 3.19. The van der Waals surface area contributed by atoms with Gasteiger partial charge in [-0.3, -0.25) is 9.78 Å². The molecule has 3 rings (SSSR count). The molecular formula is C23H26ClN3O. The van der Waals surface area contributed by atoms with Crippen molar-refractivity contribution in [2.24, 2.45) is 0 Å². The predicted octanol–water partition coefficient (Wildman–Crippen LogP) is 5.75. The number of para-hydroxylation sites is 2. The van der Waals surface area contributed by atoms with Crippen molar-refractivity contribution in [2.45, 2.75) is 26.7 Å². The van der Waals surface area contributed by atoms with E-state index in [2.05, 4.69) is 42.1 Å². The maximum Gasteiger partial charge on any atom is 0.255 e. The van der Waals surface area contributed by atoms with Crippen LogP contribution in [0.15, 0.2) is 61.3 Å². The van der Waals surface area contributed by atoms with Gasteiger partial charge in [-0.05, 0) is 30.0 Å². The number of fused-ring (bicyclic) bond motifs is 1. The van der Waals surface area contributed by atoms with Crippen LogP contribution in [0, 0.1) is 6.92 Å². The molecule has 0 saturated heterocycles. The van der Waals surface area contributed by atoms with E-state index in [0.717, 1.165) is 27.8 Å². The molecule has 0 bridgehead atoms. The summed E-state index contributed by atoms with van der Waals surface area (Å²) in [6.07, 6.45) is 3.31. The minimum atomic E-state index is -0.171. The van der Waals surface area contributed by atoms with E-state index < -0.39 is 0 Å². The Balaban J connectivity index is 0.00000280. The molecule has 0 atom stereocenters. The van der Waals surface area contributed by atoms with Crippen LogP contribution in [-0.4, -0.2) is 17.4 Å². The summed E-state index contributed by atoms with van der Waals surface area (Å²) < 4.78 is 0. The van der Waals surface area contributed by atoms with Crippen LogP contribution >= 0.6 is 12.4 Å². The number of nitrogens with zero attached hydrogens (tertiary/aromatic N) is 1. The van der Waals surface area contributed by atoms with Crippen LogP contribution in [0.5, 0.6) is 0 Å². The Bertz CT molecular complexity index is 998. The van der Waals surface area contributed by atoms with Crippen molar-refractivity contribution in [3.8, 4) is 0 Å². The van der Waals surface area contributed by atoms with Crippen molar-refractivity contribution < 1.29 is 4.79 Å². The highest BCUT2D eigenvalue weighted by atomic mass is 35.5. The summed E-state index contributed by atoms with van der Waals surface area (Å²) in [6.45, 7) is 10.4. The maximum absolute atomic E-state index is 12.7. The van der Waals surface area contributed by atoms with Crippen molar-refractivity contribution in [1.82, 2.24) is 10.3 Å². The number of hydrogen-bond donors (Lipinski definition) is 2. The summed E-state index contributed by atoms with van der Waals surface area (Å²) in [5.74, 6) is 0.192. The highest BCUT2D eigenvalue weighted by Gasteiger charge is 2.17. The topological polar surface area (TPSA) is 54.0 Å². The lowest BCUT2D eigenvalue weighted by Gasteiger charge is -2.19. The molecule has 5 heteroatoms.